The van der Waals surface area contributed by atoms with Gasteiger partial charge in [-0.1, -0.05) is 62.3 Å². The summed E-state index contributed by atoms with van der Waals surface area (Å²) in [6.07, 6.45) is 15.1. The SMILES string of the molecule is CCCOC(=O)[C@@H](CS(=O)(=O)O)NC(=O)\C=C(C)/C=C/C=C(C)/C=C/C1=C(C)CCCC1(C)C. The Morgan fingerprint density at radius 2 is 1.88 bits per heavy atom. The molecule has 7 nitrogen and oxygen atoms in total. The molecule has 0 saturated carbocycles. The topological polar surface area (TPSA) is 110 Å². The van der Waals surface area contributed by atoms with Gasteiger partial charge < -0.3 is 10.1 Å². The van der Waals surface area contributed by atoms with Crippen molar-refractivity contribution in [3.63, 3.8) is 0 Å². The number of amides is 1. The molecule has 0 bridgehead atoms. The Bertz CT molecular complexity index is 996. The van der Waals surface area contributed by atoms with Crippen LogP contribution in [-0.4, -0.2) is 43.2 Å². The molecule has 1 amide bonds. The number of carbonyl (C=O) groups is 2. The summed E-state index contributed by atoms with van der Waals surface area (Å²) in [5, 5.41) is 2.29. The number of hydrogen-bond acceptors (Lipinski definition) is 5. The predicted molar refractivity (Wildman–Crippen MR) is 136 cm³/mol. The highest BCUT2D eigenvalue weighted by atomic mass is 32.2. The molecule has 0 aromatic carbocycles. The first-order chi connectivity index (χ1) is 15.7. The minimum atomic E-state index is -4.48. The van der Waals surface area contributed by atoms with Crippen LogP contribution in [0.5, 0.6) is 0 Å². The summed E-state index contributed by atoms with van der Waals surface area (Å²) in [4.78, 5) is 24.3. The summed E-state index contributed by atoms with van der Waals surface area (Å²) in [5.41, 5.74) is 4.66. The molecule has 8 heteroatoms. The van der Waals surface area contributed by atoms with Gasteiger partial charge in [0.2, 0.25) is 5.91 Å². The molecule has 0 saturated heterocycles. The highest BCUT2D eigenvalue weighted by Gasteiger charge is 2.27. The van der Waals surface area contributed by atoms with E-state index in [9.17, 15) is 18.0 Å². The summed E-state index contributed by atoms with van der Waals surface area (Å²) in [7, 11) is -4.48. The van der Waals surface area contributed by atoms with Crippen LogP contribution in [0.2, 0.25) is 0 Å². The molecular weight excluding hydrogens is 454 g/mol. The Labute approximate surface area is 204 Å². The van der Waals surface area contributed by atoms with E-state index in [0.717, 1.165) is 12.0 Å². The van der Waals surface area contributed by atoms with E-state index in [-0.39, 0.29) is 12.0 Å². The molecule has 1 aliphatic rings. The number of hydrogen-bond donors (Lipinski definition) is 2. The Morgan fingerprint density at radius 1 is 1.21 bits per heavy atom. The number of nitrogens with one attached hydrogen (secondary N) is 1. The Kier molecular flexibility index (Phi) is 11.7. The third-order valence-corrected chi connectivity index (χ3v) is 6.31. The fraction of sp³-hybridized carbons (Fsp3) is 0.538. The van der Waals surface area contributed by atoms with Crippen molar-refractivity contribution < 1.29 is 27.3 Å². The zero-order valence-corrected chi connectivity index (χ0v) is 22.0. The van der Waals surface area contributed by atoms with E-state index in [2.05, 4.69) is 38.2 Å². The first kappa shape index (κ1) is 29.6. The summed E-state index contributed by atoms with van der Waals surface area (Å²) in [6.45, 7) is 12.3. The van der Waals surface area contributed by atoms with Crippen molar-refractivity contribution in [3.8, 4) is 0 Å². The first-order valence-electron chi connectivity index (χ1n) is 11.6. The van der Waals surface area contributed by atoms with Gasteiger partial charge in [-0.3, -0.25) is 9.35 Å². The van der Waals surface area contributed by atoms with Crippen molar-refractivity contribution in [2.45, 2.75) is 73.3 Å². The maximum Gasteiger partial charge on any atom is 0.329 e. The Balaban J connectivity index is 2.81. The molecule has 0 unspecified atom stereocenters. The molecule has 1 rings (SSSR count). The molecule has 190 valence electrons. The van der Waals surface area contributed by atoms with Crippen LogP contribution in [0, 0.1) is 5.41 Å². The molecule has 2 N–H and O–H groups in total. The van der Waals surface area contributed by atoms with Crippen molar-refractivity contribution in [3.05, 3.63) is 58.7 Å². The smallest absolute Gasteiger partial charge is 0.329 e. The molecule has 0 aromatic heterocycles. The Morgan fingerprint density at radius 3 is 2.47 bits per heavy atom. The van der Waals surface area contributed by atoms with Gasteiger partial charge >= 0.3 is 5.97 Å². The van der Waals surface area contributed by atoms with E-state index in [4.69, 9.17) is 9.29 Å². The molecule has 1 aliphatic carbocycles. The third-order valence-electron chi connectivity index (χ3n) is 5.56. The fourth-order valence-electron chi connectivity index (χ4n) is 3.78. The van der Waals surface area contributed by atoms with E-state index in [1.54, 1.807) is 19.9 Å². The van der Waals surface area contributed by atoms with Gasteiger partial charge in [-0.15, -0.1) is 0 Å². The lowest BCUT2D eigenvalue weighted by Gasteiger charge is -2.32. The lowest BCUT2D eigenvalue weighted by molar-refractivity contribution is -0.146. The maximum atomic E-state index is 12.3. The van der Waals surface area contributed by atoms with Crippen molar-refractivity contribution in [2.75, 3.05) is 12.4 Å². The van der Waals surface area contributed by atoms with Crippen LogP contribution in [-0.2, 0) is 24.4 Å². The second kappa shape index (κ2) is 13.4. The second-order valence-corrected chi connectivity index (χ2v) is 10.9. The van der Waals surface area contributed by atoms with Crippen LogP contribution in [0.25, 0.3) is 0 Å². The second-order valence-electron chi connectivity index (χ2n) is 9.40. The lowest BCUT2D eigenvalue weighted by Crippen LogP contribution is -2.45. The monoisotopic (exact) mass is 493 g/mol. The summed E-state index contributed by atoms with van der Waals surface area (Å²) >= 11 is 0. The zero-order valence-electron chi connectivity index (χ0n) is 21.2. The van der Waals surface area contributed by atoms with Crippen LogP contribution in [0.4, 0.5) is 0 Å². The van der Waals surface area contributed by atoms with Gasteiger partial charge in [-0.05, 0) is 63.0 Å². The molecule has 0 radical (unpaired) electrons. The third kappa shape index (κ3) is 11.1. The standard InChI is InChI=1S/C26H39NO6S/c1-7-16-33-25(29)23(18-34(30,31)32)27-24(28)17-20(3)11-8-10-19(2)13-14-22-21(4)12-9-15-26(22,5)6/h8,10-11,13-14,17,23H,7,9,12,15-16,18H2,1-6H3,(H,27,28)(H,30,31,32)/b11-8+,14-13+,19-10+,20-17-/t23-/m1/s1. The molecule has 0 spiro atoms. The van der Waals surface area contributed by atoms with Gasteiger partial charge in [0.15, 0.2) is 0 Å². The summed E-state index contributed by atoms with van der Waals surface area (Å²) in [5.74, 6) is -2.52. The van der Waals surface area contributed by atoms with Crippen molar-refractivity contribution in [1.29, 1.82) is 0 Å². The average molecular weight is 494 g/mol. The molecule has 0 aliphatic heterocycles. The maximum absolute atomic E-state index is 12.3. The first-order valence-corrected chi connectivity index (χ1v) is 13.2. The minimum absolute atomic E-state index is 0.0861. The molecular formula is C26H39NO6S. The van der Waals surface area contributed by atoms with Crippen molar-refractivity contribution >= 4 is 22.0 Å². The van der Waals surface area contributed by atoms with Gasteiger partial charge in [0.25, 0.3) is 10.1 Å². The van der Waals surface area contributed by atoms with Crippen molar-refractivity contribution in [2.24, 2.45) is 5.41 Å². The van der Waals surface area contributed by atoms with E-state index in [1.165, 1.54) is 30.1 Å². The number of carbonyl (C=O) groups excluding carboxylic acids is 2. The predicted octanol–water partition coefficient (Wildman–Crippen LogP) is 4.84. The van der Waals surface area contributed by atoms with E-state index >= 15 is 0 Å². The molecule has 0 fully saturated rings. The van der Waals surface area contributed by atoms with Crippen molar-refractivity contribution in [1.82, 2.24) is 5.32 Å². The molecule has 0 aromatic rings. The van der Waals surface area contributed by atoms with Crippen LogP contribution in [0.1, 0.15) is 67.2 Å². The quantitative estimate of drug-likeness (QED) is 0.184. The number of rotatable bonds is 11. The van der Waals surface area contributed by atoms with E-state index in [0.29, 0.717) is 12.0 Å². The Hall–Kier alpha value is -2.45. The van der Waals surface area contributed by atoms with Crippen LogP contribution in [0.15, 0.2) is 58.7 Å². The number of esters is 1. The van der Waals surface area contributed by atoms with Crippen LogP contribution in [0.3, 0.4) is 0 Å². The largest absolute Gasteiger partial charge is 0.464 e. The molecule has 34 heavy (non-hydrogen) atoms. The minimum Gasteiger partial charge on any atom is -0.464 e. The molecule has 0 heterocycles. The molecule has 1 atom stereocenters. The number of allylic oxidation sites excluding steroid dienone is 9. The van der Waals surface area contributed by atoms with Crippen LogP contribution >= 0.6 is 0 Å². The van der Waals surface area contributed by atoms with Gasteiger partial charge in [0.05, 0.1) is 6.61 Å². The summed E-state index contributed by atoms with van der Waals surface area (Å²) < 4.78 is 36.4. The van der Waals surface area contributed by atoms with E-state index in [1.807, 2.05) is 19.1 Å². The normalized spacial score (nSPS) is 18.4. The van der Waals surface area contributed by atoms with Gasteiger partial charge in [-0.25, -0.2) is 4.79 Å². The average Bonchev–Trinajstić information content (AvgIpc) is 2.69. The lowest BCUT2D eigenvalue weighted by atomic mass is 9.72. The highest BCUT2D eigenvalue weighted by molar-refractivity contribution is 7.85. The fourth-order valence-corrected chi connectivity index (χ4v) is 4.42. The van der Waals surface area contributed by atoms with Gasteiger partial charge in [0, 0.05) is 6.08 Å². The highest BCUT2D eigenvalue weighted by Crippen LogP contribution is 2.40. The van der Waals surface area contributed by atoms with Gasteiger partial charge in [0.1, 0.15) is 11.8 Å². The summed E-state index contributed by atoms with van der Waals surface area (Å²) in [6, 6.07) is -1.49. The van der Waals surface area contributed by atoms with E-state index < -0.39 is 33.8 Å². The van der Waals surface area contributed by atoms with Gasteiger partial charge in [-0.2, -0.15) is 8.42 Å². The van der Waals surface area contributed by atoms with Crippen LogP contribution < -0.4 is 5.32 Å². The number of ether oxygens (including phenoxy) is 1. The zero-order chi connectivity index (χ0) is 25.9.